The van der Waals surface area contributed by atoms with E-state index in [2.05, 4.69) is 15.0 Å². The number of aromatic amines is 1. The fourth-order valence-electron chi connectivity index (χ4n) is 3.55. The quantitative estimate of drug-likeness (QED) is 0.397. The van der Waals surface area contributed by atoms with E-state index in [1.54, 1.807) is 29.7 Å². The van der Waals surface area contributed by atoms with Gasteiger partial charge in [0.05, 0.1) is 17.6 Å². The molecule has 0 spiro atoms. The molecular weight excluding hydrogens is 347 g/mol. The summed E-state index contributed by atoms with van der Waals surface area (Å²) in [5.74, 6) is 0.111. The van der Waals surface area contributed by atoms with Gasteiger partial charge in [-0.2, -0.15) is 4.98 Å². The fraction of sp³-hybridized carbons (Fsp3) is 0.389. The summed E-state index contributed by atoms with van der Waals surface area (Å²) < 4.78 is 6.57. The third kappa shape index (κ3) is 3.62. The van der Waals surface area contributed by atoms with E-state index < -0.39 is 22.1 Å². The molecule has 0 aliphatic carbocycles. The van der Waals surface area contributed by atoms with E-state index in [1.807, 2.05) is 19.9 Å². The van der Waals surface area contributed by atoms with Crippen LogP contribution in [-0.4, -0.2) is 40.4 Å². The highest BCUT2D eigenvalue weighted by atomic mass is 16.5. The Bertz CT molecular complexity index is 1090. The number of benzene rings is 1. The molecule has 2 aliphatic heterocycles. The van der Waals surface area contributed by atoms with Crippen molar-refractivity contribution in [3.05, 3.63) is 45.1 Å². The molecular formula is C18H19BN4O4. The lowest BCUT2D eigenvalue weighted by atomic mass is 9.68. The van der Waals surface area contributed by atoms with Crippen molar-refractivity contribution in [2.75, 3.05) is 6.61 Å². The third-order valence-corrected chi connectivity index (χ3v) is 4.31. The second kappa shape index (κ2) is 6.64. The lowest BCUT2D eigenvalue weighted by molar-refractivity contribution is -0.131. The summed E-state index contributed by atoms with van der Waals surface area (Å²) in [6.45, 7) is 6.16. The summed E-state index contributed by atoms with van der Waals surface area (Å²) in [6, 6.07) is 7.17. The predicted octanol–water partition coefficient (Wildman–Crippen LogP) is 1.02. The molecule has 0 amide bonds. The minimum Gasteiger partial charge on any atom is -0.467 e. The highest BCUT2D eigenvalue weighted by Crippen LogP contribution is 2.35. The number of hydrogen-bond donors (Lipinski definition) is 1. The Morgan fingerprint density at radius 2 is 1.93 bits per heavy atom. The van der Waals surface area contributed by atoms with E-state index in [1.165, 1.54) is 0 Å². The Morgan fingerprint density at radius 3 is 2.63 bits per heavy atom. The average Bonchev–Trinajstić information content (AvgIpc) is 2.57. The van der Waals surface area contributed by atoms with Gasteiger partial charge in [-0.15, -0.1) is 0 Å². The molecule has 1 aromatic carbocycles. The van der Waals surface area contributed by atoms with Gasteiger partial charge in [0.1, 0.15) is 7.85 Å². The van der Waals surface area contributed by atoms with Crippen molar-refractivity contribution in [3.63, 3.8) is 0 Å². The highest BCUT2D eigenvalue weighted by molar-refractivity contribution is 6.14. The molecule has 1 atom stereocenters. The smallest absolute Gasteiger partial charge is 0.349 e. The molecule has 3 rings (SSSR count). The van der Waals surface area contributed by atoms with Crippen molar-refractivity contribution >= 4 is 25.4 Å². The summed E-state index contributed by atoms with van der Waals surface area (Å²) in [5, 5.41) is 0. The van der Waals surface area contributed by atoms with Crippen LogP contribution >= 0.6 is 0 Å². The number of carbonyl (C=O) groups is 1. The molecule has 2 heterocycles. The fourth-order valence-corrected chi connectivity index (χ4v) is 3.55. The first-order valence-electron chi connectivity index (χ1n) is 8.41. The van der Waals surface area contributed by atoms with Crippen molar-refractivity contribution in [2.24, 2.45) is 5.41 Å². The molecule has 2 radical (unpaired) electrons. The highest BCUT2D eigenvalue weighted by Gasteiger charge is 2.34. The van der Waals surface area contributed by atoms with Crippen LogP contribution < -0.4 is 11.2 Å². The van der Waals surface area contributed by atoms with Gasteiger partial charge in [-0.3, -0.25) is 14.6 Å². The second-order valence-electron chi connectivity index (χ2n) is 7.58. The van der Waals surface area contributed by atoms with E-state index in [4.69, 9.17) is 12.6 Å². The van der Waals surface area contributed by atoms with Gasteiger partial charge in [-0.25, -0.2) is 9.78 Å². The number of fused-ring (bicyclic) bond motifs is 2. The number of ether oxygens (including phenoxy) is 1. The van der Waals surface area contributed by atoms with Crippen LogP contribution in [0.3, 0.4) is 0 Å². The molecule has 0 fully saturated rings. The van der Waals surface area contributed by atoms with Gasteiger partial charge >= 0.3 is 5.69 Å². The average molecular weight is 366 g/mol. The van der Waals surface area contributed by atoms with Gasteiger partial charge in [0.2, 0.25) is 0 Å². The van der Waals surface area contributed by atoms with Crippen molar-refractivity contribution < 1.29 is 9.53 Å². The van der Waals surface area contributed by atoms with Crippen molar-refractivity contribution in [1.82, 2.24) is 19.5 Å². The zero-order chi connectivity index (χ0) is 19.8. The largest absolute Gasteiger partial charge is 0.467 e. The lowest BCUT2D eigenvalue weighted by Gasteiger charge is -2.38. The Labute approximate surface area is 156 Å². The zero-order valence-corrected chi connectivity index (χ0v) is 15.4. The first kappa shape index (κ1) is 18.8. The first-order chi connectivity index (χ1) is 12.6. The SMILES string of the molecule is [B]C(C)(CC(C)(C)COC=O)n1c2nc(=O)[nH]c(=O)c-2nc2ccccc21. The van der Waals surface area contributed by atoms with Crippen LogP contribution in [0.15, 0.2) is 33.9 Å². The molecule has 1 unspecified atom stereocenters. The van der Waals surface area contributed by atoms with Crippen LogP contribution in [0.5, 0.6) is 0 Å². The van der Waals surface area contributed by atoms with Crippen LogP contribution in [0, 0.1) is 5.41 Å². The summed E-state index contributed by atoms with van der Waals surface area (Å²) in [4.78, 5) is 45.1. The maximum absolute atomic E-state index is 12.3. The van der Waals surface area contributed by atoms with Crippen LogP contribution in [0.4, 0.5) is 0 Å². The number of carbonyl (C=O) groups excluding carboxylic acids is 1. The molecule has 138 valence electrons. The Kier molecular flexibility index (Phi) is 4.63. The monoisotopic (exact) mass is 366 g/mol. The Hall–Kier alpha value is -2.97. The lowest BCUT2D eigenvalue weighted by Crippen LogP contribution is -2.41. The van der Waals surface area contributed by atoms with Crippen molar-refractivity contribution in [2.45, 2.75) is 32.6 Å². The number of aromatic nitrogens is 4. The normalized spacial score (nSPS) is 14.2. The molecule has 1 aromatic rings. The minimum atomic E-state index is -1.05. The van der Waals surface area contributed by atoms with Crippen LogP contribution in [0.2, 0.25) is 0 Å². The van der Waals surface area contributed by atoms with E-state index in [0.29, 0.717) is 23.9 Å². The van der Waals surface area contributed by atoms with Crippen molar-refractivity contribution in [3.8, 4) is 11.5 Å². The Morgan fingerprint density at radius 1 is 1.22 bits per heavy atom. The summed E-state index contributed by atoms with van der Waals surface area (Å²) >= 11 is 0. The van der Waals surface area contributed by atoms with E-state index in [0.717, 1.165) is 0 Å². The summed E-state index contributed by atoms with van der Waals surface area (Å²) in [6.07, 6.45) is 0.379. The number of H-pyrrole nitrogens is 1. The van der Waals surface area contributed by atoms with Gasteiger partial charge in [0, 0.05) is 10.9 Å². The molecule has 0 saturated carbocycles. The predicted molar refractivity (Wildman–Crippen MR) is 101 cm³/mol. The van der Waals surface area contributed by atoms with Crippen molar-refractivity contribution in [1.29, 1.82) is 0 Å². The topological polar surface area (TPSA) is 107 Å². The zero-order valence-electron chi connectivity index (χ0n) is 15.4. The number of hydrogen-bond acceptors (Lipinski definition) is 6. The maximum atomic E-state index is 12.3. The Balaban J connectivity index is 2.28. The maximum Gasteiger partial charge on any atom is 0.349 e. The van der Waals surface area contributed by atoms with E-state index >= 15 is 0 Å². The standard InChI is InChI=1S/C18H19BN4O4/c1-17(2,9-27-10-24)8-18(3,19)23-12-7-5-4-6-11(12)20-13-14(23)21-16(26)22-15(13)25/h4-7,10H,8-9H2,1-3H3,(H,22,25,26). The number of nitrogens with zero attached hydrogens (tertiary/aromatic N) is 3. The van der Waals surface area contributed by atoms with Crippen LogP contribution in [-0.2, 0) is 15.0 Å². The minimum absolute atomic E-state index is 0.0342. The van der Waals surface area contributed by atoms with Crippen LogP contribution in [0.1, 0.15) is 27.2 Å². The first-order valence-corrected chi connectivity index (χ1v) is 8.41. The number of rotatable bonds is 6. The second-order valence-corrected chi connectivity index (χ2v) is 7.58. The summed E-state index contributed by atoms with van der Waals surface area (Å²) in [7, 11) is 6.67. The molecule has 8 nitrogen and oxygen atoms in total. The summed E-state index contributed by atoms with van der Waals surface area (Å²) in [5.41, 5.74) is -1.68. The third-order valence-electron chi connectivity index (χ3n) is 4.31. The molecule has 0 bridgehead atoms. The molecule has 9 heteroatoms. The number of para-hydroxylation sites is 2. The van der Waals surface area contributed by atoms with E-state index in [-0.39, 0.29) is 18.1 Å². The van der Waals surface area contributed by atoms with Gasteiger partial charge in [-0.05, 0) is 25.5 Å². The van der Waals surface area contributed by atoms with Gasteiger partial charge < -0.3 is 9.30 Å². The number of nitrogens with one attached hydrogen (secondary N) is 1. The van der Waals surface area contributed by atoms with Crippen LogP contribution in [0.25, 0.3) is 22.6 Å². The molecule has 2 aliphatic rings. The molecule has 27 heavy (non-hydrogen) atoms. The molecule has 0 aromatic heterocycles. The molecule has 1 N–H and O–H groups in total. The van der Waals surface area contributed by atoms with Gasteiger partial charge in [-0.1, -0.05) is 26.0 Å². The van der Waals surface area contributed by atoms with E-state index in [9.17, 15) is 14.4 Å². The molecule has 0 saturated heterocycles. The van der Waals surface area contributed by atoms with Gasteiger partial charge in [0.25, 0.3) is 12.0 Å². The van der Waals surface area contributed by atoms with Gasteiger partial charge in [0.15, 0.2) is 11.5 Å².